The van der Waals surface area contributed by atoms with Gasteiger partial charge in [0.25, 0.3) is 0 Å². The lowest BCUT2D eigenvalue weighted by Gasteiger charge is -2.10. The summed E-state index contributed by atoms with van der Waals surface area (Å²) in [5, 5.41) is 0. The molecule has 0 atom stereocenters. The first-order chi connectivity index (χ1) is 6.65. The largest absolute Gasteiger partial charge is 0.0654 e. The highest BCUT2D eigenvalue weighted by Crippen LogP contribution is 2.36. The van der Waals surface area contributed by atoms with E-state index in [1.165, 1.54) is 23.1 Å². The molecule has 0 saturated heterocycles. The lowest BCUT2D eigenvalue weighted by Crippen LogP contribution is -1.94. The van der Waals surface area contributed by atoms with Gasteiger partial charge in [0.1, 0.15) is 0 Å². The first-order valence-electron chi connectivity index (χ1n) is 5.43. The summed E-state index contributed by atoms with van der Waals surface area (Å²) in [6.45, 7) is 8.99. The third kappa shape index (κ3) is 1.21. The van der Waals surface area contributed by atoms with Crippen LogP contribution in [0.15, 0.2) is 17.7 Å². The molecule has 0 spiro atoms. The summed E-state index contributed by atoms with van der Waals surface area (Å²) in [7, 11) is 0. The molecule has 0 fully saturated rings. The van der Waals surface area contributed by atoms with E-state index in [0.717, 1.165) is 6.42 Å². The minimum absolute atomic E-state index is 1.15. The molecule has 0 saturated carbocycles. The van der Waals surface area contributed by atoms with E-state index in [1.807, 2.05) is 0 Å². The van der Waals surface area contributed by atoms with Crippen LogP contribution >= 0.6 is 0 Å². The molecule has 0 nitrogen and oxygen atoms in total. The van der Waals surface area contributed by atoms with Gasteiger partial charge in [-0.25, -0.2) is 0 Å². The molecule has 0 unspecified atom stereocenters. The summed E-state index contributed by atoms with van der Waals surface area (Å²) >= 11 is 0. The smallest absolute Gasteiger partial charge is 0.00552 e. The Kier molecular flexibility index (Phi) is 2.22. The van der Waals surface area contributed by atoms with Crippen molar-refractivity contribution in [3.05, 3.63) is 40.0 Å². The predicted octanol–water partition coefficient (Wildman–Crippen LogP) is 3.91. The first-order valence-corrected chi connectivity index (χ1v) is 5.43. The van der Waals surface area contributed by atoms with Crippen LogP contribution in [-0.2, 0) is 12.8 Å². The minimum Gasteiger partial charge on any atom is -0.0654 e. The lowest BCUT2D eigenvalue weighted by molar-refractivity contribution is 1.10. The topological polar surface area (TPSA) is 0 Å². The highest BCUT2D eigenvalue weighted by atomic mass is 14.2. The normalized spacial score (nSPS) is 14.9. The number of benzene rings is 1. The van der Waals surface area contributed by atoms with Crippen molar-refractivity contribution < 1.29 is 0 Å². The molecule has 74 valence electrons. The number of allylic oxidation sites excluding steroid dienone is 2. The second kappa shape index (κ2) is 3.27. The second-order valence-corrected chi connectivity index (χ2v) is 4.33. The average Bonchev–Trinajstić information content (AvgIpc) is 2.47. The summed E-state index contributed by atoms with van der Waals surface area (Å²) < 4.78 is 0. The molecule has 0 aliphatic heterocycles. The number of rotatable bonds is 1. The van der Waals surface area contributed by atoms with Crippen molar-refractivity contribution >= 4 is 5.57 Å². The Labute approximate surface area is 86.7 Å². The Hall–Kier alpha value is -1.04. The van der Waals surface area contributed by atoms with Gasteiger partial charge in [-0.15, -0.1) is 0 Å². The third-order valence-electron chi connectivity index (χ3n) is 3.47. The van der Waals surface area contributed by atoms with E-state index < -0.39 is 0 Å². The van der Waals surface area contributed by atoms with Crippen LogP contribution in [-0.4, -0.2) is 0 Å². The van der Waals surface area contributed by atoms with E-state index in [9.17, 15) is 0 Å². The maximum Gasteiger partial charge on any atom is -0.00552 e. The van der Waals surface area contributed by atoms with Crippen molar-refractivity contribution in [2.45, 2.75) is 40.5 Å². The van der Waals surface area contributed by atoms with Crippen LogP contribution in [0.25, 0.3) is 5.57 Å². The Balaban J connectivity index is 2.68. The van der Waals surface area contributed by atoms with Gasteiger partial charge < -0.3 is 0 Å². The zero-order chi connectivity index (χ0) is 10.3. The van der Waals surface area contributed by atoms with Crippen molar-refractivity contribution in [1.29, 1.82) is 0 Å². The Bertz CT molecular complexity index is 408. The Morgan fingerprint density at radius 3 is 2.50 bits per heavy atom. The molecular weight excluding hydrogens is 168 g/mol. The van der Waals surface area contributed by atoms with Gasteiger partial charge in [-0.1, -0.05) is 24.6 Å². The van der Waals surface area contributed by atoms with E-state index in [1.54, 1.807) is 16.7 Å². The maximum absolute atomic E-state index is 2.29. The molecule has 0 amide bonds. The fourth-order valence-electron chi connectivity index (χ4n) is 2.40. The highest BCUT2D eigenvalue weighted by molar-refractivity contribution is 5.77. The number of fused-ring (bicyclic) bond motifs is 1. The first kappa shape index (κ1) is 9.51. The van der Waals surface area contributed by atoms with Crippen LogP contribution in [0, 0.1) is 6.92 Å². The summed E-state index contributed by atoms with van der Waals surface area (Å²) in [6.07, 6.45) is 2.31. The van der Waals surface area contributed by atoms with Crippen LogP contribution in [0.1, 0.15) is 43.0 Å². The van der Waals surface area contributed by atoms with E-state index in [-0.39, 0.29) is 0 Å². The zero-order valence-corrected chi connectivity index (χ0v) is 9.57. The standard InChI is InChI=1S/C14H18/c1-5-12-7-6-9(2)13-8-10(3)11(4)14(12)13/h6-7H,5,8H2,1-4H3. The molecule has 14 heavy (non-hydrogen) atoms. The van der Waals surface area contributed by atoms with Crippen molar-refractivity contribution in [3.8, 4) is 0 Å². The van der Waals surface area contributed by atoms with Gasteiger partial charge in [-0.05, 0) is 61.4 Å². The molecule has 1 aliphatic carbocycles. The van der Waals surface area contributed by atoms with Gasteiger partial charge in [-0.3, -0.25) is 0 Å². The molecule has 0 aromatic heterocycles. The second-order valence-electron chi connectivity index (χ2n) is 4.33. The average molecular weight is 186 g/mol. The van der Waals surface area contributed by atoms with E-state index in [4.69, 9.17) is 0 Å². The highest BCUT2D eigenvalue weighted by Gasteiger charge is 2.19. The lowest BCUT2D eigenvalue weighted by atomic mass is 9.95. The molecule has 2 rings (SSSR count). The van der Waals surface area contributed by atoms with Crippen molar-refractivity contribution in [3.63, 3.8) is 0 Å². The van der Waals surface area contributed by atoms with Gasteiger partial charge in [0, 0.05) is 0 Å². The van der Waals surface area contributed by atoms with Crippen LogP contribution in [0.3, 0.4) is 0 Å². The van der Waals surface area contributed by atoms with Crippen molar-refractivity contribution in [1.82, 2.24) is 0 Å². The molecule has 0 heterocycles. The zero-order valence-electron chi connectivity index (χ0n) is 9.57. The maximum atomic E-state index is 2.29. The quantitative estimate of drug-likeness (QED) is 0.624. The van der Waals surface area contributed by atoms with Gasteiger partial charge >= 0.3 is 0 Å². The van der Waals surface area contributed by atoms with Crippen molar-refractivity contribution in [2.24, 2.45) is 0 Å². The van der Waals surface area contributed by atoms with E-state index in [0.29, 0.717) is 0 Å². The minimum atomic E-state index is 1.15. The fourth-order valence-corrected chi connectivity index (χ4v) is 2.40. The molecule has 0 bridgehead atoms. The van der Waals surface area contributed by atoms with E-state index in [2.05, 4.69) is 39.8 Å². The van der Waals surface area contributed by atoms with Crippen LogP contribution in [0.4, 0.5) is 0 Å². The van der Waals surface area contributed by atoms with Gasteiger partial charge in [0.05, 0.1) is 0 Å². The molecule has 1 aromatic carbocycles. The Morgan fingerprint density at radius 1 is 1.14 bits per heavy atom. The summed E-state index contributed by atoms with van der Waals surface area (Å²) in [5.41, 5.74) is 9.14. The Morgan fingerprint density at radius 2 is 1.86 bits per heavy atom. The number of hydrogen-bond donors (Lipinski definition) is 0. The number of aryl methyl sites for hydroxylation is 2. The molecule has 1 aromatic rings. The summed E-state index contributed by atoms with van der Waals surface area (Å²) in [6, 6.07) is 4.56. The predicted molar refractivity (Wildman–Crippen MR) is 62.5 cm³/mol. The molecule has 0 N–H and O–H groups in total. The third-order valence-corrected chi connectivity index (χ3v) is 3.47. The van der Waals surface area contributed by atoms with Crippen molar-refractivity contribution in [2.75, 3.05) is 0 Å². The molecule has 0 heteroatoms. The SMILES string of the molecule is CCc1ccc(C)c2c1C(C)=C(C)C2. The molecule has 1 aliphatic rings. The molecular formula is C14H18. The van der Waals surface area contributed by atoms with E-state index >= 15 is 0 Å². The summed E-state index contributed by atoms with van der Waals surface area (Å²) in [4.78, 5) is 0. The van der Waals surface area contributed by atoms with Gasteiger partial charge in [0.2, 0.25) is 0 Å². The fraction of sp³-hybridized carbons (Fsp3) is 0.429. The van der Waals surface area contributed by atoms with Crippen LogP contribution in [0.5, 0.6) is 0 Å². The molecule has 0 radical (unpaired) electrons. The number of hydrogen-bond acceptors (Lipinski definition) is 0. The van der Waals surface area contributed by atoms with Gasteiger partial charge in [0.15, 0.2) is 0 Å². The van der Waals surface area contributed by atoms with Crippen LogP contribution in [0.2, 0.25) is 0 Å². The van der Waals surface area contributed by atoms with Gasteiger partial charge in [-0.2, -0.15) is 0 Å². The van der Waals surface area contributed by atoms with Crippen LogP contribution < -0.4 is 0 Å². The summed E-state index contributed by atoms with van der Waals surface area (Å²) in [5.74, 6) is 0. The monoisotopic (exact) mass is 186 g/mol.